The number of unbranched alkanes of at least 4 members (excludes halogenated alkanes) is 1. The second kappa shape index (κ2) is 5.81. The van der Waals surface area contributed by atoms with E-state index >= 15 is 0 Å². The van der Waals surface area contributed by atoms with Crippen LogP contribution >= 0.6 is 0 Å². The summed E-state index contributed by atoms with van der Waals surface area (Å²) in [5, 5.41) is 7.16. The van der Waals surface area contributed by atoms with Gasteiger partial charge in [0.05, 0.1) is 5.71 Å². The number of nitrogens with one attached hydrogen (secondary N) is 1. The topological polar surface area (TPSA) is 33.6 Å². The molecule has 0 aromatic rings. The van der Waals surface area contributed by atoms with E-state index in [1.165, 1.54) is 18.4 Å². The lowest BCUT2D eigenvalue weighted by Gasteiger charge is -2.17. The first kappa shape index (κ1) is 11.2. The smallest absolute Gasteiger partial charge is 0.146 e. The van der Waals surface area contributed by atoms with Crippen molar-refractivity contribution < 1.29 is 4.84 Å². The predicted molar refractivity (Wildman–Crippen MR) is 59.5 cm³/mol. The third-order valence-electron chi connectivity index (χ3n) is 2.50. The summed E-state index contributed by atoms with van der Waals surface area (Å²) in [7, 11) is 1.98. The Bertz CT molecular complexity index is 233. The molecular formula is C11H20N2O. The number of allylic oxidation sites excluding steroid dienone is 1. The van der Waals surface area contributed by atoms with Gasteiger partial charge in [-0.3, -0.25) is 0 Å². The zero-order valence-corrected chi connectivity index (χ0v) is 9.34. The molecule has 1 aliphatic heterocycles. The van der Waals surface area contributed by atoms with Crippen LogP contribution in [0, 0.1) is 0 Å². The summed E-state index contributed by atoms with van der Waals surface area (Å²) in [6, 6.07) is 0. The highest BCUT2D eigenvalue weighted by Gasteiger charge is 2.12. The van der Waals surface area contributed by atoms with E-state index in [-0.39, 0.29) is 6.10 Å². The second-order valence-electron chi connectivity index (χ2n) is 3.77. The maximum absolute atomic E-state index is 5.33. The lowest BCUT2D eigenvalue weighted by atomic mass is 10.1. The Morgan fingerprint density at radius 1 is 1.43 bits per heavy atom. The zero-order chi connectivity index (χ0) is 10.4. The van der Waals surface area contributed by atoms with Crippen molar-refractivity contribution >= 4 is 5.71 Å². The van der Waals surface area contributed by atoms with Crippen molar-refractivity contribution in [2.45, 2.75) is 39.2 Å². The van der Waals surface area contributed by atoms with Gasteiger partial charge in [0.25, 0.3) is 0 Å². The monoisotopic (exact) mass is 196 g/mol. The van der Waals surface area contributed by atoms with Gasteiger partial charge in [0.1, 0.15) is 6.10 Å². The van der Waals surface area contributed by atoms with Gasteiger partial charge in [-0.1, -0.05) is 5.16 Å². The van der Waals surface area contributed by atoms with Crippen LogP contribution in [0.15, 0.2) is 16.8 Å². The summed E-state index contributed by atoms with van der Waals surface area (Å²) in [5.41, 5.74) is 2.24. The summed E-state index contributed by atoms with van der Waals surface area (Å²) in [6.45, 7) is 5.14. The predicted octanol–water partition coefficient (Wildman–Crippen LogP) is 2.10. The van der Waals surface area contributed by atoms with Gasteiger partial charge in [-0.15, -0.1) is 0 Å². The molecule has 3 nitrogen and oxygen atoms in total. The van der Waals surface area contributed by atoms with Gasteiger partial charge < -0.3 is 10.2 Å². The largest absolute Gasteiger partial charge is 0.388 e. The van der Waals surface area contributed by atoms with Crippen molar-refractivity contribution in [1.29, 1.82) is 0 Å². The molecule has 0 bridgehead atoms. The third kappa shape index (κ3) is 3.50. The van der Waals surface area contributed by atoms with Crippen LogP contribution in [0.2, 0.25) is 0 Å². The van der Waals surface area contributed by atoms with Crippen molar-refractivity contribution in [3.63, 3.8) is 0 Å². The molecule has 0 saturated carbocycles. The minimum Gasteiger partial charge on any atom is -0.388 e. The molecule has 0 aliphatic carbocycles. The first-order chi connectivity index (χ1) is 6.74. The Balaban J connectivity index is 2.22. The second-order valence-corrected chi connectivity index (χ2v) is 3.77. The van der Waals surface area contributed by atoms with E-state index in [0.717, 1.165) is 18.7 Å². The molecule has 14 heavy (non-hydrogen) atoms. The molecule has 0 aromatic carbocycles. The summed E-state index contributed by atoms with van der Waals surface area (Å²) in [4.78, 5) is 5.33. The molecule has 1 unspecified atom stereocenters. The number of rotatable bonds is 5. The maximum atomic E-state index is 5.33. The van der Waals surface area contributed by atoms with E-state index < -0.39 is 0 Å². The standard InChI is InChI=1S/C11H20N2O/c1-9-8-11(14-13-10(9)2)6-4-5-7-12-3/h8,11-12H,4-7H2,1-3H3. The van der Waals surface area contributed by atoms with Crippen LogP contribution in [-0.2, 0) is 4.84 Å². The maximum Gasteiger partial charge on any atom is 0.146 e. The van der Waals surface area contributed by atoms with Gasteiger partial charge in [0, 0.05) is 0 Å². The molecule has 1 heterocycles. The van der Waals surface area contributed by atoms with Gasteiger partial charge in [0.2, 0.25) is 0 Å². The van der Waals surface area contributed by atoms with Crippen molar-refractivity contribution in [2.24, 2.45) is 5.16 Å². The highest BCUT2D eigenvalue weighted by atomic mass is 16.6. The van der Waals surface area contributed by atoms with E-state index in [9.17, 15) is 0 Å². The highest BCUT2D eigenvalue weighted by Crippen LogP contribution is 2.14. The Kier molecular flexibility index (Phi) is 4.66. The summed E-state index contributed by atoms with van der Waals surface area (Å²) < 4.78 is 0. The van der Waals surface area contributed by atoms with Crippen LogP contribution in [0.1, 0.15) is 33.1 Å². The lowest BCUT2D eigenvalue weighted by Crippen LogP contribution is -2.15. The average molecular weight is 196 g/mol. The lowest BCUT2D eigenvalue weighted by molar-refractivity contribution is 0.0806. The van der Waals surface area contributed by atoms with E-state index in [1.807, 2.05) is 14.0 Å². The van der Waals surface area contributed by atoms with Gasteiger partial charge in [-0.05, 0) is 58.4 Å². The summed E-state index contributed by atoms with van der Waals surface area (Å²) in [6.07, 6.45) is 5.81. The minimum atomic E-state index is 0.190. The summed E-state index contributed by atoms with van der Waals surface area (Å²) in [5.74, 6) is 0. The number of hydrogen-bond donors (Lipinski definition) is 1. The van der Waals surface area contributed by atoms with Gasteiger partial charge in [0.15, 0.2) is 0 Å². The fraction of sp³-hybridized carbons (Fsp3) is 0.727. The molecule has 1 atom stereocenters. The van der Waals surface area contributed by atoms with Gasteiger partial charge in [-0.25, -0.2) is 0 Å². The van der Waals surface area contributed by atoms with Crippen molar-refractivity contribution in [3.05, 3.63) is 11.6 Å². The molecule has 1 N–H and O–H groups in total. The number of nitrogens with zero attached hydrogens (tertiary/aromatic N) is 1. The van der Waals surface area contributed by atoms with Crippen molar-refractivity contribution in [2.75, 3.05) is 13.6 Å². The molecular weight excluding hydrogens is 176 g/mol. The minimum absolute atomic E-state index is 0.190. The third-order valence-corrected chi connectivity index (χ3v) is 2.50. The molecule has 3 heteroatoms. The first-order valence-corrected chi connectivity index (χ1v) is 5.28. The van der Waals surface area contributed by atoms with Crippen LogP contribution in [0.25, 0.3) is 0 Å². The Morgan fingerprint density at radius 2 is 2.21 bits per heavy atom. The van der Waals surface area contributed by atoms with Gasteiger partial charge >= 0.3 is 0 Å². The average Bonchev–Trinajstić information content (AvgIpc) is 2.18. The fourth-order valence-corrected chi connectivity index (χ4v) is 1.43. The molecule has 0 spiro atoms. The summed E-state index contributed by atoms with van der Waals surface area (Å²) >= 11 is 0. The van der Waals surface area contributed by atoms with Crippen LogP contribution in [0.3, 0.4) is 0 Å². The van der Waals surface area contributed by atoms with Crippen LogP contribution < -0.4 is 5.32 Å². The van der Waals surface area contributed by atoms with Crippen molar-refractivity contribution in [1.82, 2.24) is 5.32 Å². The Labute approximate surface area is 86.2 Å². The molecule has 0 radical (unpaired) electrons. The van der Waals surface area contributed by atoms with Gasteiger partial charge in [-0.2, -0.15) is 0 Å². The van der Waals surface area contributed by atoms with Crippen LogP contribution in [-0.4, -0.2) is 25.4 Å². The molecule has 0 saturated heterocycles. The van der Waals surface area contributed by atoms with Crippen molar-refractivity contribution in [3.8, 4) is 0 Å². The molecule has 0 aromatic heterocycles. The molecule has 1 aliphatic rings. The van der Waals surface area contributed by atoms with Crippen LogP contribution in [0.5, 0.6) is 0 Å². The Morgan fingerprint density at radius 3 is 2.86 bits per heavy atom. The van der Waals surface area contributed by atoms with E-state index in [4.69, 9.17) is 4.84 Å². The van der Waals surface area contributed by atoms with E-state index in [0.29, 0.717) is 0 Å². The fourth-order valence-electron chi connectivity index (χ4n) is 1.43. The molecule has 80 valence electrons. The molecule has 0 fully saturated rings. The quantitative estimate of drug-likeness (QED) is 0.683. The molecule has 0 amide bonds. The zero-order valence-electron chi connectivity index (χ0n) is 9.34. The van der Waals surface area contributed by atoms with Crippen LogP contribution in [0.4, 0.5) is 0 Å². The SMILES string of the molecule is CNCCCCC1C=C(C)C(C)=NO1. The highest BCUT2D eigenvalue weighted by molar-refractivity contribution is 5.97. The number of oxime groups is 1. The normalized spacial score (nSPS) is 21.2. The first-order valence-electron chi connectivity index (χ1n) is 5.28. The molecule has 1 rings (SSSR count). The Hall–Kier alpha value is -0.830. The van der Waals surface area contributed by atoms with E-state index in [1.54, 1.807) is 0 Å². The van der Waals surface area contributed by atoms with E-state index in [2.05, 4.69) is 23.5 Å². The number of hydrogen-bond acceptors (Lipinski definition) is 3.